The first-order valence-electron chi connectivity index (χ1n) is 6.96. The van der Waals surface area contributed by atoms with Crippen molar-refractivity contribution in [1.29, 1.82) is 0 Å². The molecule has 0 fully saturated rings. The molecule has 0 spiro atoms. The second kappa shape index (κ2) is 10.00. The zero-order valence-electron chi connectivity index (χ0n) is 12.6. The molecule has 0 heterocycles. The molecule has 20 heavy (non-hydrogen) atoms. The van der Waals surface area contributed by atoms with Gasteiger partial charge in [-0.25, -0.2) is 0 Å². The smallest absolute Gasteiger partial charge is 0.0641 e. The van der Waals surface area contributed by atoms with Gasteiger partial charge in [-0.1, -0.05) is 11.6 Å². The first-order valence-corrected chi connectivity index (χ1v) is 7.33. The Hall–Kier alpha value is -0.810. The van der Waals surface area contributed by atoms with Crippen LogP contribution in [0.2, 0.25) is 5.02 Å². The van der Waals surface area contributed by atoms with Gasteiger partial charge >= 0.3 is 0 Å². The van der Waals surface area contributed by atoms with Crippen molar-refractivity contribution >= 4 is 17.3 Å². The minimum absolute atomic E-state index is 0.704. The topological polar surface area (TPSA) is 33.7 Å². The third kappa shape index (κ3) is 6.09. The molecule has 1 aromatic carbocycles. The summed E-state index contributed by atoms with van der Waals surface area (Å²) in [5, 5.41) is 4.11. The third-order valence-corrected chi connectivity index (χ3v) is 3.26. The number of benzene rings is 1. The standard InChI is InChI=1S/C15H25ClN2O2/c1-4-20-10-8-18(2)15-6-5-14(16)11-13(15)12-17-7-9-19-3/h5-6,11,17H,4,7-10,12H2,1-3H3. The zero-order chi connectivity index (χ0) is 14.8. The van der Waals surface area contributed by atoms with E-state index in [1.165, 1.54) is 11.3 Å². The lowest BCUT2D eigenvalue weighted by molar-refractivity contribution is 0.154. The molecule has 1 aromatic rings. The highest BCUT2D eigenvalue weighted by Crippen LogP contribution is 2.23. The Bertz CT molecular complexity index is 388. The van der Waals surface area contributed by atoms with Crippen LogP contribution in [-0.2, 0) is 16.0 Å². The Morgan fingerprint density at radius 1 is 1.30 bits per heavy atom. The summed E-state index contributed by atoms with van der Waals surface area (Å²) in [6, 6.07) is 5.99. The van der Waals surface area contributed by atoms with Crippen LogP contribution in [-0.4, -0.2) is 47.1 Å². The number of rotatable bonds is 10. The van der Waals surface area contributed by atoms with E-state index in [2.05, 4.69) is 23.3 Å². The van der Waals surface area contributed by atoms with Crippen LogP contribution in [0.1, 0.15) is 12.5 Å². The lowest BCUT2D eigenvalue weighted by atomic mass is 10.1. The molecule has 114 valence electrons. The summed E-state index contributed by atoms with van der Waals surface area (Å²) in [7, 11) is 3.77. The van der Waals surface area contributed by atoms with Crippen molar-refractivity contribution in [3.63, 3.8) is 0 Å². The molecule has 5 heteroatoms. The highest BCUT2D eigenvalue weighted by Gasteiger charge is 2.08. The molecule has 0 aliphatic carbocycles. The molecule has 0 saturated carbocycles. The van der Waals surface area contributed by atoms with Gasteiger partial charge in [0.15, 0.2) is 0 Å². The normalized spacial score (nSPS) is 10.8. The third-order valence-electron chi connectivity index (χ3n) is 3.03. The van der Waals surface area contributed by atoms with Gasteiger partial charge in [-0.05, 0) is 30.7 Å². The quantitative estimate of drug-likeness (QED) is 0.673. The van der Waals surface area contributed by atoms with Crippen molar-refractivity contribution < 1.29 is 9.47 Å². The lowest BCUT2D eigenvalue weighted by Crippen LogP contribution is -2.25. The highest BCUT2D eigenvalue weighted by molar-refractivity contribution is 6.30. The van der Waals surface area contributed by atoms with Crippen molar-refractivity contribution in [3.05, 3.63) is 28.8 Å². The predicted molar refractivity (Wildman–Crippen MR) is 84.8 cm³/mol. The molecule has 1 N–H and O–H groups in total. The molecule has 0 aliphatic rings. The van der Waals surface area contributed by atoms with Gasteiger partial charge in [0, 0.05) is 51.1 Å². The Morgan fingerprint density at radius 2 is 2.10 bits per heavy atom. The van der Waals surface area contributed by atoms with E-state index in [0.29, 0.717) is 6.61 Å². The molecule has 0 saturated heterocycles. The minimum Gasteiger partial charge on any atom is -0.383 e. The van der Waals surface area contributed by atoms with Crippen molar-refractivity contribution in [3.8, 4) is 0 Å². The Labute approximate surface area is 127 Å². The maximum Gasteiger partial charge on any atom is 0.0641 e. The van der Waals surface area contributed by atoms with Gasteiger partial charge in [0.25, 0.3) is 0 Å². The highest BCUT2D eigenvalue weighted by atomic mass is 35.5. The Balaban J connectivity index is 2.63. The first kappa shape index (κ1) is 17.2. The van der Waals surface area contributed by atoms with Crippen molar-refractivity contribution in [1.82, 2.24) is 5.32 Å². The number of nitrogens with zero attached hydrogens (tertiary/aromatic N) is 1. The molecule has 0 radical (unpaired) electrons. The Kier molecular flexibility index (Phi) is 8.62. The monoisotopic (exact) mass is 300 g/mol. The molecule has 0 atom stereocenters. The Morgan fingerprint density at radius 3 is 2.80 bits per heavy atom. The van der Waals surface area contributed by atoms with Crippen molar-refractivity contribution in [2.45, 2.75) is 13.5 Å². The van der Waals surface area contributed by atoms with Gasteiger partial charge < -0.3 is 19.7 Å². The zero-order valence-corrected chi connectivity index (χ0v) is 13.4. The first-order chi connectivity index (χ1) is 9.69. The van der Waals surface area contributed by atoms with Gasteiger partial charge in [0.05, 0.1) is 13.2 Å². The summed E-state index contributed by atoms with van der Waals surface area (Å²) in [5.74, 6) is 0. The number of ether oxygens (including phenoxy) is 2. The fourth-order valence-electron chi connectivity index (χ4n) is 1.93. The average molecular weight is 301 g/mol. The molecule has 1 rings (SSSR count). The van der Waals surface area contributed by atoms with Crippen LogP contribution in [0.15, 0.2) is 18.2 Å². The van der Waals surface area contributed by atoms with Crippen LogP contribution in [0.3, 0.4) is 0 Å². The van der Waals surface area contributed by atoms with Gasteiger partial charge in [-0.2, -0.15) is 0 Å². The number of anilines is 1. The van der Waals surface area contributed by atoms with Crippen LogP contribution in [0.4, 0.5) is 5.69 Å². The van der Waals surface area contributed by atoms with E-state index in [1.54, 1.807) is 7.11 Å². The van der Waals surface area contributed by atoms with Crippen molar-refractivity contribution in [2.24, 2.45) is 0 Å². The van der Waals surface area contributed by atoms with E-state index in [-0.39, 0.29) is 0 Å². The molecule has 0 bridgehead atoms. The summed E-state index contributed by atoms with van der Waals surface area (Å²) in [4.78, 5) is 2.19. The molecule has 0 unspecified atom stereocenters. The largest absolute Gasteiger partial charge is 0.383 e. The minimum atomic E-state index is 0.704. The fraction of sp³-hybridized carbons (Fsp3) is 0.600. The number of hydrogen-bond donors (Lipinski definition) is 1. The molecule has 0 aliphatic heterocycles. The predicted octanol–water partition coefficient (Wildman–Crippen LogP) is 2.55. The van der Waals surface area contributed by atoms with Gasteiger partial charge in [-0.15, -0.1) is 0 Å². The second-order valence-electron chi connectivity index (χ2n) is 4.56. The molecule has 4 nitrogen and oxygen atoms in total. The molecular weight excluding hydrogens is 276 g/mol. The van der Waals surface area contributed by atoms with Crippen LogP contribution < -0.4 is 10.2 Å². The summed E-state index contributed by atoms with van der Waals surface area (Å²) in [5.41, 5.74) is 2.37. The summed E-state index contributed by atoms with van der Waals surface area (Å²) in [6.07, 6.45) is 0. The van der Waals surface area contributed by atoms with Crippen LogP contribution in [0.5, 0.6) is 0 Å². The SMILES string of the molecule is CCOCCN(C)c1ccc(Cl)cc1CNCCOC. The van der Waals surface area contributed by atoms with E-state index in [1.807, 2.05) is 19.1 Å². The van der Waals surface area contributed by atoms with Crippen LogP contribution in [0, 0.1) is 0 Å². The van der Waals surface area contributed by atoms with Crippen LogP contribution in [0.25, 0.3) is 0 Å². The number of hydrogen-bond acceptors (Lipinski definition) is 4. The van der Waals surface area contributed by atoms with E-state index in [0.717, 1.165) is 37.9 Å². The van der Waals surface area contributed by atoms with E-state index in [4.69, 9.17) is 21.1 Å². The maximum atomic E-state index is 6.09. The van der Waals surface area contributed by atoms with E-state index in [9.17, 15) is 0 Å². The van der Waals surface area contributed by atoms with E-state index >= 15 is 0 Å². The number of methoxy groups -OCH3 is 1. The van der Waals surface area contributed by atoms with Crippen molar-refractivity contribution in [2.75, 3.05) is 52.0 Å². The number of nitrogens with one attached hydrogen (secondary N) is 1. The summed E-state index contributed by atoms with van der Waals surface area (Å²) in [6.45, 7) is 6.65. The average Bonchev–Trinajstić information content (AvgIpc) is 2.44. The second-order valence-corrected chi connectivity index (χ2v) is 5.00. The van der Waals surface area contributed by atoms with Gasteiger partial charge in [-0.3, -0.25) is 0 Å². The summed E-state index contributed by atoms with van der Waals surface area (Å²) >= 11 is 6.09. The fourth-order valence-corrected chi connectivity index (χ4v) is 2.13. The molecular formula is C15H25ClN2O2. The van der Waals surface area contributed by atoms with Crippen LogP contribution >= 0.6 is 11.6 Å². The number of likely N-dealkylation sites (N-methyl/N-ethyl adjacent to an activating group) is 1. The van der Waals surface area contributed by atoms with E-state index < -0.39 is 0 Å². The summed E-state index contributed by atoms with van der Waals surface area (Å²) < 4.78 is 10.4. The number of halogens is 1. The molecule has 0 amide bonds. The lowest BCUT2D eigenvalue weighted by Gasteiger charge is -2.23. The van der Waals surface area contributed by atoms with Gasteiger partial charge in [0.2, 0.25) is 0 Å². The molecule has 0 aromatic heterocycles. The maximum absolute atomic E-state index is 6.09. The van der Waals surface area contributed by atoms with Gasteiger partial charge in [0.1, 0.15) is 0 Å².